The lowest BCUT2D eigenvalue weighted by atomic mass is 10.1. The van der Waals surface area contributed by atoms with Crippen molar-refractivity contribution >= 4 is 5.91 Å². The van der Waals surface area contributed by atoms with Crippen LogP contribution in [0.3, 0.4) is 0 Å². The van der Waals surface area contributed by atoms with Crippen LogP contribution in [0.5, 0.6) is 0 Å². The van der Waals surface area contributed by atoms with Gasteiger partial charge in [-0.25, -0.2) is 4.39 Å². The van der Waals surface area contributed by atoms with Crippen LogP contribution in [-0.2, 0) is 11.2 Å². The minimum absolute atomic E-state index is 0.297. The van der Waals surface area contributed by atoms with Crippen LogP contribution >= 0.6 is 0 Å². The average Bonchev–Trinajstić information content (AvgIpc) is 2.17. The average molecular weight is 192 g/mol. The third-order valence-corrected chi connectivity index (χ3v) is 1.69. The second-order valence-corrected chi connectivity index (χ2v) is 2.75. The Labute approximate surface area is 81.2 Å². The van der Waals surface area contributed by atoms with Gasteiger partial charge in [-0.05, 0) is 24.1 Å². The maximum atomic E-state index is 12.7. The topological polar surface area (TPSA) is 52.9 Å². The van der Waals surface area contributed by atoms with Gasteiger partial charge in [-0.1, -0.05) is 12.1 Å². The molecule has 0 atom stereocenters. The molecule has 0 unspecified atom stereocenters. The van der Waals surface area contributed by atoms with Crippen LogP contribution in [0.25, 0.3) is 0 Å². The molecule has 0 saturated carbocycles. The first-order valence-electron chi connectivity index (χ1n) is 4.15. The van der Waals surface area contributed by atoms with Crippen molar-refractivity contribution in [1.29, 1.82) is 5.26 Å². The maximum absolute atomic E-state index is 12.7. The summed E-state index contributed by atoms with van der Waals surface area (Å²) in [6, 6.07) is 7.57. The number of carbonyl (C=O) groups is 1. The molecule has 0 radical (unpaired) electrons. The zero-order valence-corrected chi connectivity index (χ0v) is 7.46. The number of nitrogens with one attached hydrogen (secondary N) is 1. The molecule has 1 N–H and O–H groups in total. The summed E-state index contributed by atoms with van der Waals surface area (Å²) in [6.07, 6.45) is 0.519. The fourth-order valence-corrected chi connectivity index (χ4v) is 1.05. The van der Waals surface area contributed by atoms with Gasteiger partial charge in [0, 0.05) is 6.54 Å². The molecule has 0 spiro atoms. The van der Waals surface area contributed by atoms with Gasteiger partial charge in [0.05, 0.1) is 0 Å². The van der Waals surface area contributed by atoms with E-state index in [-0.39, 0.29) is 5.82 Å². The Morgan fingerprint density at radius 1 is 1.57 bits per heavy atom. The molecular weight excluding hydrogens is 183 g/mol. The second-order valence-electron chi connectivity index (χ2n) is 2.75. The third kappa shape index (κ3) is 3.23. The van der Waals surface area contributed by atoms with E-state index in [2.05, 4.69) is 5.32 Å². The van der Waals surface area contributed by atoms with E-state index in [0.29, 0.717) is 13.0 Å². The molecule has 0 bridgehead atoms. The van der Waals surface area contributed by atoms with Gasteiger partial charge in [0.15, 0.2) is 6.07 Å². The van der Waals surface area contributed by atoms with Crippen LogP contribution in [0.4, 0.5) is 4.39 Å². The predicted molar refractivity (Wildman–Crippen MR) is 48.7 cm³/mol. The number of carbonyl (C=O) groups excluding carboxylic acids is 1. The maximum Gasteiger partial charge on any atom is 0.322 e. The first-order chi connectivity index (χ1) is 6.72. The molecule has 3 nitrogen and oxygen atoms in total. The lowest BCUT2D eigenvalue weighted by Crippen LogP contribution is -2.23. The number of halogens is 1. The van der Waals surface area contributed by atoms with Crippen molar-refractivity contribution in [3.05, 3.63) is 35.6 Å². The smallest absolute Gasteiger partial charge is 0.322 e. The summed E-state index contributed by atoms with van der Waals surface area (Å²) in [5.41, 5.74) is 0.795. The van der Waals surface area contributed by atoms with Crippen LogP contribution in [0.1, 0.15) is 5.56 Å². The van der Waals surface area contributed by atoms with E-state index in [1.165, 1.54) is 18.2 Å². The molecular formula is C10H9FN2O. The van der Waals surface area contributed by atoms with Crippen molar-refractivity contribution in [1.82, 2.24) is 5.32 Å². The summed E-state index contributed by atoms with van der Waals surface area (Å²) in [6.45, 7) is 0.343. The van der Waals surface area contributed by atoms with Gasteiger partial charge in [-0.15, -0.1) is 0 Å². The van der Waals surface area contributed by atoms with E-state index in [1.54, 1.807) is 12.1 Å². The van der Waals surface area contributed by atoms with E-state index < -0.39 is 5.91 Å². The summed E-state index contributed by atoms with van der Waals surface area (Å²) in [7, 11) is 0. The van der Waals surface area contributed by atoms with Gasteiger partial charge >= 0.3 is 5.91 Å². The summed E-state index contributed by atoms with van der Waals surface area (Å²) in [5, 5.41) is 10.5. The largest absolute Gasteiger partial charge is 0.343 e. The van der Waals surface area contributed by atoms with E-state index in [9.17, 15) is 9.18 Å². The molecule has 0 aliphatic heterocycles. The number of hydrogen-bond donors (Lipinski definition) is 1. The Bertz CT molecular complexity index is 371. The number of nitrogens with zero attached hydrogens (tertiary/aromatic N) is 1. The van der Waals surface area contributed by atoms with E-state index in [4.69, 9.17) is 5.26 Å². The van der Waals surface area contributed by atoms with Crippen LogP contribution in [0.15, 0.2) is 24.3 Å². The standard InChI is InChI=1S/C10H9FN2O/c11-9-3-1-2-8(6-9)4-5-13-10(14)7-12/h1-3,6H,4-5H2,(H,13,14). The van der Waals surface area contributed by atoms with Crippen molar-refractivity contribution in [3.8, 4) is 6.07 Å². The van der Waals surface area contributed by atoms with E-state index in [1.807, 2.05) is 0 Å². The van der Waals surface area contributed by atoms with Gasteiger partial charge in [0.1, 0.15) is 5.82 Å². The molecule has 0 aromatic heterocycles. The minimum Gasteiger partial charge on any atom is -0.343 e. The molecule has 0 fully saturated rings. The highest BCUT2D eigenvalue weighted by Gasteiger charge is 1.98. The van der Waals surface area contributed by atoms with Crippen LogP contribution < -0.4 is 5.32 Å². The highest BCUT2D eigenvalue weighted by molar-refractivity contribution is 5.91. The fourth-order valence-electron chi connectivity index (χ4n) is 1.05. The normalized spacial score (nSPS) is 9.14. The number of hydrogen-bond acceptors (Lipinski definition) is 2. The quantitative estimate of drug-likeness (QED) is 0.726. The molecule has 14 heavy (non-hydrogen) atoms. The molecule has 1 amide bonds. The molecule has 72 valence electrons. The van der Waals surface area contributed by atoms with Crippen LogP contribution in [0.2, 0.25) is 0 Å². The molecule has 4 heteroatoms. The highest BCUT2D eigenvalue weighted by Crippen LogP contribution is 2.03. The lowest BCUT2D eigenvalue weighted by Gasteiger charge is -2.00. The van der Waals surface area contributed by atoms with Crippen LogP contribution in [0, 0.1) is 17.1 Å². The third-order valence-electron chi connectivity index (χ3n) is 1.69. The summed E-state index contributed by atoms with van der Waals surface area (Å²) in [5.74, 6) is -0.962. The summed E-state index contributed by atoms with van der Waals surface area (Å²) >= 11 is 0. The number of amides is 1. The molecule has 1 aromatic rings. The van der Waals surface area contributed by atoms with Gasteiger partial charge in [-0.3, -0.25) is 4.79 Å². The molecule has 0 aliphatic carbocycles. The Morgan fingerprint density at radius 2 is 2.36 bits per heavy atom. The van der Waals surface area contributed by atoms with Crippen molar-refractivity contribution < 1.29 is 9.18 Å². The van der Waals surface area contributed by atoms with Crippen molar-refractivity contribution in [2.24, 2.45) is 0 Å². The van der Waals surface area contributed by atoms with Crippen molar-refractivity contribution in [2.45, 2.75) is 6.42 Å². The Balaban J connectivity index is 2.39. The SMILES string of the molecule is N#CC(=O)NCCc1cccc(F)c1. The highest BCUT2D eigenvalue weighted by atomic mass is 19.1. The van der Waals surface area contributed by atoms with E-state index in [0.717, 1.165) is 5.56 Å². The minimum atomic E-state index is -0.665. The summed E-state index contributed by atoms with van der Waals surface area (Å²) < 4.78 is 12.7. The Morgan fingerprint density at radius 3 is 3.00 bits per heavy atom. The van der Waals surface area contributed by atoms with Crippen LogP contribution in [-0.4, -0.2) is 12.5 Å². The van der Waals surface area contributed by atoms with Gasteiger partial charge in [-0.2, -0.15) is 5.26 Å². The predicted octanol–water partition coefficient (Wildman–Crippen LogP) is 1.01. The van der Waals surface area contributed by atoms with Gasteiger partial charge in [0.2, 0.25) is 0 Å². The first-order valence-corrected chi connectivity index (χ1v) is 4.15. The number of benzene rings is 1. The first kappa shape index (κ1) is 10.2. The molecule has 0 aliphatic rings. The number of rotatable bonds is 3. The summed E-state index contributed by atoms with van der Waals surface area (Å²) in [4.78, 5) is 10.5. The second kappa shape index (κ2) is 4.97. The Kier molecular flexibility index (Phi) is 3.62. The van der Waals surface area contributed by atoms with Gasteiger partial charge < -0.3 is 5.32 Å². The molecule has 0 saturated heterocycles. The van der Waals surface area contributed by atoms with E-state index >= 15 is 0 Å². The van der Waals surface area contributed by atoms with Crippen molar-refractivity contribution in [3.63, 3.8) is 0 Å². The molecule has 1 aromatic carbocycles. The van der Waals surface area contributed by atoms with Crippen molar-refractivity contribution in [2.75, 3.05) is 6.54 Å². The van der Waals surface area contributed by atoms with Gasteiger partial charge in [0.25, 0.3) is 0 Å². The monoisotopic (exact) mass is 192 g/mol. The Hall–Kier alpha value is -1.89. The number of nitriles is 1. The molecule has 1 rings (SSSR count). The fraction of sp³-hybridized carbons (Fsp3) is 0.200. The lowest BCUT2D eigenvalue weighted by molar-refractivity contribution is -0.115. The zero-order chi connectivity index (χ0) is 10.4. The zero-order valence-electron chi connectivity index (χ0n) is 7.46. The molecule has 0 heterocycles.